The number of rotatable bonds is 2. The lowest BCUT2D eigenvalue weighted by molar-refractivity contribution is -0.132. The summed E-state index contributed by atoms with van der Waals surface area (Å²) < 4.78 is 1.17. The minimum atomic E-state index is -0.346. The van der Waals surface area contributed by atoms with Crippen LogP contribution < -0.4 is 10.9 Å². The third-order valence-corrected chi connectivity index (χ3v) is 3.46. The monoisotopic (exact) mass is 270 g/mol. The van der Waals surface area contributed by atoms with Crippen molar-refractivity contribution < 1.29 is 4.79 Å². The lowest BCUT2D eigenvalue weighted by Gasteiger charge is -2.29. The Bertz CT molecular complexity index is 528. The Kier molecular flexibility index (Phi) is 3.56. The van der Waals surface area contributed by atoms with Crippen LogP contribution in [-0.2, 0) is 11.8 Å². The van der Waals surface area contributed by atoms with Crippen molar-refractivity contribution in [1.82, 2.24) is 14.7 Å². The summed E-state index contributed by atoms with van der Waals surface area (Å²) in [7, 11) is 3.32. The molecule has 1 aliphatic heterocycles. The van der Waals surface area contributed by atoms with Crippen LogP contribution in [0.1, 0.15) is 12.8 Å². The molecule has 1 aliphatic rings. The summed E-state index contributed by atoms with van der Waals surface area (Å²) in [6.07, 6.45) is 2.74. The summed E-state index contributed by atoms with van der Waals surface area (Å²) in [5.41, 5.74) is 0.142. The van der Waals surface area contributed by atoms with Gasteiger partial charge in [0.25, 0.3) is 5.56 Å². The fourth-order valence-corrected chi connectivity index (χ4v) is 2.12. The van der Waals surface area contributed by atoms with E-state index in [2.05, 4.69) is 10.4 Å². The Morgan fingerprint density at radius 3 is 2.83 bits per heavy atom. The molecular formula is C11H15ClN4O2. The highest BCUT2D eigenvalue weighted by molar-refractivity contribution is 6.32. The summed E-state index contributed by atoms with van der Waals surface area (Å²) in [5.74, 6) is 0.0895. The number of aryl methyl sites for hydroxylation is 1. The van der Waals surface area contributed by atoms with Gasteiger partial charge in [-0.1, -0.05) is 11.6 Å². The molecule has 1 aromatic rings. The van der Waals surface area contributed by atoms with E-state index in [0.717, 1.165) is 6.42 Å². The number of amides is 1. The molecule has 1 amide bonds. The second-order valence-electron chi connectivity index (χ2n) is 4.45. The Labute approximate surface area is 110 Å². The number of likely N-dealkylation sites (tertiary alicyclic amines) is 1. The molecular weight excluding hydrogens is 256 g/mol. The van der Waals surface area contributed by atoms with Crippen molar-refractivity contribution in [3.8, 4) is 0 Å². The average molecular weight is 271 g/mol. The smallest absolute Gasteiger partial charge is 0.287 e. The molecule has 0 aromatic carbocycles. The third-order valence-electron chi connectivity index (χ3n) is 3.10. The van der Waals surface area contributed by atoms with Gasteiger partial charge in [-0.05, 0) is 6.42 Å². The van der Waals surface area contributed by atoms with Gasteiger partial charge in [0.2, 0.25) is 5.91 Å². The third kappa shape index (κ3) is 2.48. The van der Waals surface area contributed by atoms with Crippen LogP contribution in [0.3, 0.4) is 0 Å². The van der Waals surface area contributed by atoms with E-state index in [1.54, 1.807) is 11.9 Å². The van der Waals surface area contributed by atoms with Gasteiger partial charge in [-0.2, -0.15) is 5.10 Å². The topological polar surface area (TPSA) is 67.2 Å². The molecule has 1 fully saturated rings. The van der Waals surface area contributed by atoms with Crippen LogP contribution in [0.5, 0.6) is 0 Å². The van der Waals surface area contributed by atoms with E-state index in [0.29, 0.717) is 18.7 Å². The summed E-state index contributed by atoms with van der Waals surface area (Å²) in [4.78, 5) is 24.9. The van der Waals surface area contributed by atoms with Gasteiger partial charge in [0.15, 0.2) is 0 Å². The predicted molar refractivity (Wildman–Crippen MR) is 68.8 cm³/mol. The van der Waals surface area contributed by atoms with E-state index in [-0.39, 0.29) is 22.5 Å². The summed E-state index contributed by atoms with van der Waals surface area (Å²) >= 11 is 5.95. The molecule has 7 heteroatoms. The highest BCUT2D eigenvalue weighted by atomic mass is 35.5. The second-order valence-corrected chi connectivity index (χ2v) is 4.83. The van der Waals surface area contributed by atoms with E-state index in [1.807, 2.05) is 0 Å². The number of nitrogens with zero attached hydrogens (tertiary/aromatic N) is 3. The van der Waals surface area contributed by atoms with Crippen molar-refractivity contribution in [2.45, 2.75) is 18.9 Å². The number of hydrogen-bond donors (Lipinski definition) is 1. The molecule has 1 atom stereocenters. The van der Waals surface area contributed by atoms with Gasteiger partial charge in [0, 0.05) is 33.1 Å². The number of halogens is 1. The Hall–Kier alpha value is -1.56. The quantitative estimate of drug-likeness (QED) is 0.848. The van der Waals surface area contributed by atoms with Gasteiger partial charge < -0.3 is 10.2 Å². The minimum absolute atomic E-state index is 0.0000983. The number of hydrogen-bond acceptors (Lipinski definition) is 4. The van der Waals surface area contributed by atoms with Crippen molar-refractivity contribution in [2.24, 2.45) is 7.05 Å². The molecule has 0 spiro atoms. The first kappa shape index (κ1) is 12.9. The lowest BCUT2D eigenvalue weighted by atomic mass is 10.0. The molecule has 98 valence electrons. The first-order valence-electron chi connectivity index (χ1n) is 5.71. The fraction of sp³-hybridized carbons (Fsp3) is 0.545. The van der Waals surface area contributed by atoms with E-state index >= 15 is 0 Å². The molecule has 1 saturated heterocycles. The van der Waals surface area contributed by atoms with Crippen molar-refractivity contribution in [3.05, 3.63) is 21.6 Å². The molecule has 2 rings (SSSR count). The predicted octanol–water partition coefficient (Wildman–Crippen LogP) is 0.466. The van der Waals surface area contributed by atoms with Crippen LogP contribution >= 0.6 is 11.6 Å². The number of nitrogens with one attached hydrogen (secondary N) is 1. The van der Waals surface area contributed by atoms with Crippen molar-refractivity contribution in [1.29, 1.82) is 0 Å². The SMILES string of the molecule is CN1CCC(Nc2cnn(C)c(=O)c2Cl)CC1=O. The molecule has 6 nitrogen and oxygen atoms in total. The maximum Gasteiger partial charge on any atom is 0.287 e. The number of anilines is 1. The summed E-state index contributed by atoms with van der Waals surface area (Å²) in [6.45, 7) is 0.701. The van der Waals surface area contributed by atoms with E-state index < -0.39 is 0 Å². The van der Waals surface area contributed by atoms with Crippen LogP contribution in [0.4, 0.5) is 5.69 Å². The van der Waals surface area contributed by atoms with Crippen LogP contribution in [-0.4, -0.2) is 40.2 Å². The molecule has 1 unspecified atom stereocenters. The van der Waals surface area contributed by atoms with Crippen LogP contribution in [0.15, 0.2) is 11.0 Å². The van der Waals surface area contributed by atoms with Crippen molar-refractivity contribution >= 4 is 23.2 Å². The van der Waals surface area contributed by atoms with Crippen LogP contribution in [0, 0.1) is 0 Å². The van der Waals surface area contributed by atoms with Gasteiger partial charge >= 0.3 is 0 Å². The van der Waals surface area contributed by atoms with E-state index in [4.69, 9.17) is 11.6 Å². The molecule has 0 bridgehead atoms. The number of carbonyl (C=O) groups excluding carboxylic acids is 1. The van der Waals surface area contributed by atoms with Crippen LogP contribution in [0.2, 0.25) is 5.02 Å². The number of aromatic nitrogens is 2. The fourth-order valence-electron chi connectivity index (χ4n) is 1.90. The lowest BCUT2D eigenvalue weighted by Crippen LogP contribution is -2.41. The molecule has 0 saturated carbocycles. The van der Waals surface area contributed by atoms with Gasteiger partial charge in [0.05, 0.1) is 11.9 Å². The highest BCUT2D eigenvalue weighted by Gasteiger charge is 2.24. The number of piperidine rings is 1. The zero-order chi connectivity index (χ0) is 13.3. The van der Waals surface area contributed by atoms with E-state index in [9.17, 15) is 9.59 Å². The maximum atomic E-state index is 11.6. The van der Waals surface area contributed by atoms with Gasteiger partial charge in [-0.15, -0.1) is 0 Å². The Balaban J connectivity index is 2.13. The van der Waals surface area contributed by atoms with Crippen LogP contribution in [0.25, 0.3) is 0 Å². The summed E-state index contributed by atoms with van der Waals surface area (Å²) in [5, 5.41) is 7.12. The molecule has 1 aromatic heterocycles. The van der Waals surface area contributed by atoms with Crippen molar-refractivity contribution in [2.75, 3.05) is 18.9 Å². The Morgan fingerprint density at radius 1 is 1.44 bits per heavy atom. The molecule has 18 heavy (non-hydrogen) atoms. The van der Waals surface area contributed by atoms with Gasteiger partial charge in [0.1, 0.15) is 5.02 Å². The normalized spacial score (nSPS) is 20.1. The first-order valence-corrected chi connectivity index (χ1v) is 6.09. The zero-order valence-corrected chi connectivity index (χ0v) is 11.1. The zero-order valence-electron chi connectivity index (χ0n) is 10.3. The van der Waals surface area contributed by atoms with Gasteiger partial charge in [-0.3, -0.25) is 9.59 Å². The standard InChI is InChI=1S/C11H15ClN4O2/c1-15-4-3-7(5-9(15)17)14-8-6-13-16(2)11(18)10(8)12/h6-7,14H,3-5H2,1-2H3. The molecule has 0 aliphatic carbocycles. The minimum Gasteiger partial charge on any atom is -0.379 e. The largest absolute Gasteiger partial charge is 0.379 e. The van der Waals surface area contributed by atoms with Gasteiger partial charge in [-0.25, -0.2) is 4.68 Å². The number of carbonyl (C=O) groups is 1. The highest BCUT2D eigenvalue weighted by Crippen LogP contribution is 2.20. The first-order chi connectivity index (χ1) is 8.49. The summed E-state index contributed by atoms with van der Waals surface area (Å²) in [6, 6.07) is 0.0000983. The molecule has 1 N–H and O–H groups in total. The van der Waals surface area contributed by atoms with E-state index in [1.165, 1.54) is 17.9 Å². The maximum absolute atomic E-state index is 11.6. The Morgan fingerprint density at radius 2 is 2.17 bits per heavy atom. The average Bonchev–Trinajstić information content (AvgIpc) is 2.34. The molecule has 2 heterocycles. The molecule has 0 radical (unpaired) electrons. The second kappa shape index (κ2) is 4.97. The van der Waals surface area contributed by atoms with Crippen molar-refractivity contribution in [3.63, 3.8) is 0 Å².